The number of hydrogen-bond acceptors (Lipinski definition) is 4. The summed E-state index contributed by atoms with van der Waals surface area (Å²) in [7, 11) is 0. The Balaban J connectivity index is 1.21. The van der Waals surface area contributed by atoms with Gasteiger partial charge in [-0.25, -0.2) is 9.37 Å². The van der Waals surface area contributed by atoms with Gasteiger partial charge < -0.3 is 9.88 Å². The minimum atomic E-state index is -0.196. The van der Waals surface area contributed by atoms with Gasteiger partial charge in [-0.3, -0.25) is 9.59 Å². The zero-order valence-corrected chi connectivity index (χ0v) is 25.9. The lowest BCUT2D eigenvalue weighted by Crippen LogP contribution is -2.12. The van der Waals surface area contributed by atoms with Gasteiger partial charge in [-0.2, -0.15) is 0 Å². The van der Waals surface area contributed by atoms with Crippen molar-refractivity contribution >= 4 is 49.3 Å². The second kappa shape index (κ2) is 12.4. The SMILES string of the molecule is CCCc1ccc(F)cc1CCCCC(=O)c1cn(C(C)C)c2ccc(-c3ccc4nc(NC(=O)C5CC5)sc4c3)cc12. The minimum absolute atomic E-state index is 0.0619. The highest BCUT2D eigenvalue weighted by molar-refractivity contribution is 7.22. The number of amides is 1. The molecule has 0 aliphatic heterocycles. The summed E-state index contributed by atoms with van der Waals surface area (Å²) in [6.45, 7) is 6.40. The van der Waals surface area contributed by atoms with E-state index in [2.05, 4.69) is 66.0 Å². The normalized spacial score (nSPS) is 13.3. The number of hydrogen-bond donors (Lipinski definition) is 1. The Hall–Kier alpha value is -3.84. The summed E-state index contributed by atoms with van der Waals surface area (Å²) in [6, 6.07) is 17.8. The minimum Gasteiger partial charge on any atom is -0.344 e. The number of Topliss-reactive ketones (excluding diaryl/α,β-unsaturated/α-hetero) is 1. The highest BCUT2D eigenvalue weighted by atomic mass is 32.1. The van der Waals surface area contributed by atoms with Crippen LogP contribution in [0, 0.1) is 11.7 Å². The molecule has 0 saturated heterocycles. The molecule has 1 saturated carbocycles. The number of aryl methyl sites for hydroxylation is 2. The van der Waals surface area contributed by atoms with E-state index >= 15 is 0 Å². The van der Waals surface area contributed by atoms with Gasteiger partial charge in [-0.05, 0) is 111 Å². The molecule has 43 heavy (non-hydrogen) atoms. The van der Waals surface area contributed by atoms with Crippen LogP contribution in [0.1, 0.15) is 86.8 Å². The van der Waals surface area contributed by atoms with E-state index in [9.17, 15) is 14.0 Å². The molecule has 1 amide bonds. The molecule has 5 nitrogen and oxygen atoms in total. The Morgan fingerprint density at radius 3 is 2.56 bits per heavy atom. The third kappa shape index (κ3) is 6.42. The molecule has 0 bridgehead atoms. The molecule has 0 atom stereocenters. The van der Waals surface area contributed by atoms with Gasteiger partial charge in [0.05, 0.1) is 10.2 Å². The highest BCUT2D eigenvalue weighted by Gasteiger charge is 2.30. The molecule has 7 heteroatoms. The average Bonchev–Trinajstić information content (AvgIpc) is 3.66. The molecule has 6 rings (SSSR count). The zero-order valence-electron chi connectivity index (χ0n) is 25.1. The first-order valence-corrected chi connectivity index (χ1v) is 16.3. The predicted molar refractivity (Wildman–Crippen MR) is 175 cm³/mol. The lowest BCUT2D eigenvalue weighted by molar-refractivity contribution is -0.117. The first kappa shape index (κ1) is 29.2. The second-order valence-corrected chi connectivity index (χ2v) is 13.1. The number of nitrogens with one attached hydrogen (secondary N) is 1. The molecule has 222 valence electrons. The highest BCUT2D eigenvalue weighted by Crippen LogP contribution is 2.35. The number of aromatic nitrogens is 2. The van der Waals surface area contributed by atoms with E-state index in [0.717, 1.165) is 88.3 Å². The number of carbonyl (C=O) groups is 2. The number of rotatable bonds is 12. The number of ketones is 1. The molecule has 1 N–H and O–H groups in total. The molecule has 5 aromatic rings. The van der Waals surface area contributed by atoms with Crippen LogP contribution in [0.25, 0.3) is 32.2 Å². The van der Waals surface area contributed by atoms with Crippen molar-refractivity contribution in [2.24, 2.45) is 5.92 Å². The fourth-order valence-corrected chi connectivity index (χ4v) is 6.78. The fraction of sp³-hybridized carbons (Fsp3) is 0.361. The van der Waals surface area contributed by atoms with Gasteiger partial charge in [-0.15, -0.1) is 0 Å². The van der Waals surface area contributed by atoms with Crippen LogP contribution >= 0.6 is 11.3 Å². The Morgan fingerprint density at radius 1 is 1.00 bits per heavy atom. The van der Waals surface area contributed by atoms with Gasteiger partial charge >= 0.3 is 0 Å². The first-order chi connectivity index (χ1) is 20.8. The number of halogens is 1. The van der Waals surface area contributed by atoms with Crippen molar-refractivity contribution in [3.63, 3.8) is 0 Å². The average molecular weight is 596 g/mol. The summed E-state index contributed by atoms with van der Waals surface area (Å²) in [5.74, 6) is 0.144. The number of nitrogens with zero attached hydrogens (tertiary/aromatic N) is 2. The number of thiazole rings is 1. The van der Waals surface area contributed by atoms with E-state index in [1.807, 2.05) is 18.3 Å². The van der Waals surface area contributed by atoms with E-state index in [1.54, 1.807) is 12.1 Å². The van der Waals surface area contributed by atoms with E-state index in [4.69, 9.17) is 0 Å². The predicted octanol–water partition coefficient (Wildman–Crippen LogP) is 9.53. The number of anilines is 1. The maximum absolute atomic E-state index is 13.9. The maximum atomic E-state index is 13.9. The Labute approximate surface area is 256 Å². The third-order valence-electron chi connectivity index (χ3n) is 8.38. The van der Waals surface area contributed by atoms with Crippen LogP contribution in [0.4, 0.5) is 9.52 Å². The van der Waals surface area contributed by atoms with Crippen molar-refractivity contribution in [3.05, 3.63) is 83.3 Å². The summed E-state index contributed by atoms with van der Waals surface area (Å²) in [5, 5.41) is 4.57. The molecular weight excluding hydrogens is 557 g/mol. The van der Waals surface area contributed by atoms with E-state index in [-0.39, 0.29) is 29.5 Å². The Kier molecular flexibility index (Phi) is 8.44. The molecule has 0 spiro atoms. The monoisotopic (exact) mass is 595 g/mol. The summed E-state index contributed by atoms with van der Waals surface area (Å²) in [5.41, 5.74) is 7.03. The van der Waals surface area contributed by atoms with Crippen LogP contribution < -0.4 is 5.32 Å². The molecule has 0 unspecified atom stereocenters. The molecule has 1 aliphatic carbocycles. The van der Waals surface area contributed by atoms with Gasteiger partial charge in [0.25, 0.3) is 0 Å². The molecule has 3 aromatic carbocycles. The third-order valence-corrected chi connectivity index (χ3v) is 9.31. The number of carbonyl (C=O) groups excluding carboxylic acids is 2. The van der Waals surface area contributed by atoms with Crippen molar-refractivity contribution in [3.8, 4) is 11.1 Å². The summed E-state index contributed by atoms with van der Waals surface area (Å²) >= 11 is 1.49. The lowest BCUT2D eigenvalue weighted by atomic mass is 9.96. The standard InChI is InChI=1S/C36H38FN3O2S/c1-4-7-23-12-15-28(37)18-25(23)8-5-6-9-33(41)30-21-40(22(2)3)32-17-14-26(19-29(30)32)27-13-16-31-34(20-27)43-36(38-31)39-35(42)24-10-11-24/h12-22,24H,4-11H2,1-3H3,(H,38,39,42). The second-order valence-electron chi connectivity index (χ2n) is 12.0. The first-order valence-electron chi connectivity index (χ1n) is 15.5. The topological polar surface area (TPSA) is 64.0 Å². The van der Waals surface area contributed by atoms with Gasteiger partial charge in [-0.1, -0.05) is 42.9 Å². The smallest absolute Gasteiger partial charge is 0.229 e. The van der Waals surface area contributed by atoms with Crippen LogP contribution in [0.2, 0.25) is 0 Å². The Morgan fingerprint density at radius 2 is 1.79 bits per heavy atom. The van der Waals surface area contributed by atoms with Crippen LogP contribution in [-0.4, -0.2) is 21.2 Å². The molecule has 2 aromatic heterocycles. The van der Waals surface area contributed by atoms with E-state index < -0.39 is 0 Å². The van der Waals surface area contributed by atoms with Crippen LogP contribution in [0.3, 0.4) is 0 Å². The van der Waals surface area contributed by atoms with Gasteiger partial charge in [0, 0.05) is 41.0 Å². The van der Waals surface area contributed by atoms with Gasteiger partial charge in [0.15, 0.2) is 10.9 Å². The summed E-state index contributed by atoms with van der Waals surface area (Å²) in [6.07, 6.45) is 8.74. The van der Waals surface area contributed by atoms with Crippen molar-refractivity contribution in [2.75, 3.05) is 5.32 Å². The lowest BCUT2D eigenvalue weighted by Gasteiger charge is -2.09. The fourth-order valence-electron chi connectivity index (χ4n) is 5.87. The van der Waals surface area contributed by atoms with Crippen LogP contribution in [-0.2, 0) is 17.6 Å². The van der Waals surface area contributed by atoms with E-state index in [0.29, 0.717) is 11.6 Å². The quantitative estimate of drug-likeness (QED) is 0.115. The summed E-state index contributed by atoms with van der Waals surface area (Å²) < 4.78 is 17.1. The van der Waals surface area contributed by atoms with E-state index in [1.165, 1.54) is 16.9 Å². The number of fused-ring (bicyclic) bond motifs is 2. The number of benzene rings is 3. The van der Waals surface area contributed by atoms with Crippen molar-refractivity contribution < 1.29 is 14.0 Å². The molecule has 1 fully saturated rings. The number of unbranched alkanes of at least 4 members (excludes halogenated alkanes) is 1. The van der Waals surface area contributed by atoms with Gasteiger partial charge in [0.2, 0.25) is 5.91 Å². The molecule has 2 heterocycles. The molecule has 0 radical (unpaired) electrons. The largest absolute Gasteiger partial charge is 0.344 e. The maximum Gasteiger partial charge on any atom is 0.229 e. The summed E-state index contributed by atoms with van der Waals surface area (Å²) in [4.78, 5) is 30.4. The van der Waals surface area contributed by atoms with Gasteiger partial charge in [0.1, 0.15) is 5.82 Å². The van der Waals surface area contributed by atoms with Crippen molar-refractivity contribution in [1.82, 2.24) is 9.55 Å². The van der Waals surface area contributed by atoms with Crippen molar-refractivity contribution in [1.29, 1.82) is 0 Å². The molecular formula is C36H38FN3O2S. The molecule has 1 aliphatic rings. The zero-order chi connectivity index (χ0) is 30.1. The van der Waals surface area contributed by atoms with Crippen molar-refractivity contribution in [2.45, 2.75) is 78.2 Å². The van der Waals surface area contributed by atoms with Crippen LogP contribution in [0.15, 0.2) is 60.8 Å². The Bertz CT molecular complexity index is 1810. The van der Waals surface area contributed by atoms with Crippen LogP contribution in [0.5, 0.6) is 0 Å².